The Morgan fingerprint density at radius 2 is 2.25 bits per heavy atom. The average Bonchev–Trinajstić information content (AvgIpc) is 1.98. The molecule has 1 nitrogen and oxygen atoms in total. The Morgan fingerprint density at radius 3 is 2.83 bits per heavy atom. The van der Waals surface area contributed by atoms with Crippen LogP contribution >= 0.6 is 36.0 Å². The summed E-state index contributed by atoms with van der Waals surface area (Å²) >= 11 is 10.6. The van der Waals surface area contributed by atoms with Gasteiger partial charge in [-0.3, -0.25) is 4.79 Å². The van der Waals surface area contributed by atoms with Crippen molar-refractivity contribution >= 4 is 40.4 Å². The van der Waals surface area contributed by atoms with Crippen LogP contribution in [0, 0.1) is 6.92 Å². The molecule has 0 aliphatic heterocycles. The number of benzene rings is 1. The lowest BCUT2D eigenvalue weighted by atomic mass is 10.2. The van der Waals surface area contributed by atoms with Gasteiger partial charge in [0.15, 0.2) is 0 Å². The first-order chi connectivity index (χ1) is 5.61. The molecule has 64 valence electrons. The summed E-state index contributed by atoms with van der Waals surface area (Å²) in [4.78, 5) is 11.5. The van der Waals surface area contributed by atoms with Gasteiger partial charge in [-0.05, 0) is 36.4 Å². The number of thioether (sulfide) groups is 1. The van der Waals surface area contributed by atoms with Crippen LogP contribution in [0.15, 0.2) is 23.1 Å². The second kappa shape index (κ2) is 4.21. The van der Waals surface area contributed by atoms with Gasteiger partial charge in [0.05, 0.1) is 0 Å². The van der Waals surface area contributed by atoms with Crippen LogP contribution in [0.2, 0.25) is 5.02 Å². The van der Waals surface area contributed by atoms with E-state index in [0.29, 0.717) is 5.02 Å². The Labute approximate surface area is 85.9 Å². The highest BCUT2D eigenvalue weighted by Crippen LogP contribution is 2.28. The summed E-state index contributed by atoms with van der Waals surface area (Å²) in [5.74, 6) is 0. The maximum absolute atomic E-state index is 10.7. The largest absolute Gasteiger partial charge is 0.274 e. The third kappa shape index (κ3) is 2.44. The van der Waals surface area contributed by atoms with E-state index in [1.165, 1.54) is 0 Å². The van der Waals surface area contributed by atoms with Gasteiger partial charge in [-0.15, -0.1) is 0 Å². The summed E-state index contributed by atoms with van der Waals surface area (Å²) in [6, 6.07) is 5.46. The standard InChI is InChI=1S/C8H7ClOS2/c1-5-6(9)3-2-4-7(5)12-8(10)11/h2-4H,1H3,(H,10,11). The maximum atomic E-state index is 10.7. The molecule has 0 amide bonds. The molecule has 0 aliphatic rings. The van der Waals surface area contributed by atoms with Gasteiger partial charge in [0.25, 0.3) is 0 Å². The van der Waals surface area contributed by atoms with Gasteiger partial charge < -0.3 is 0 Å². The summed E-state index contributed by atoms with van der Waals surface area (Å²) < 4.78 is -0.222. The fourth-order valence-electron chi connectivity index (χ4n) is 0.792. The van der Waals surface area contributed by atoms with Crippen LogP contribution in [0.3, 0.4) is 0 Å². The topological polar surface area (TPSA) is 17.1 Å². The fourth-order valence-corrected chi connectivity index (χ4v) is 1.92. The predicted octanol–water partition coefficient (Wildman–Crippen LogP) is 3.79. The third-order valence-electron chi connectivity index (χ3n) is 1.42. The van der Waals surface area contributed by atoms with Crippen LogP contribution in [0.1, 0.15) is 5.56 Å². The zero-order valence-corrected chi connectivity index (χ0v) is 8.84. The first-order valence-electron chi connectivity index (χ1n) is 3.27. The van der Waals surface area contributed by atoms with E-state index in [9.17, 15) is 4.79 Å². The Bertz CT molecular complexity index is 312. The van der Waals surface area contributed by atoms with Gasteiger partial charge in [0, 0.05) is 9.92 Å². The van der Waals surface area contributed by atoms with Crippen LogP contribution < -0.4 is 0 Å². The van der Waals surface area contributed by atoms with Crippen molar-refractivity contribution in [1.82, 2.24) is 0 Å². The summed E-state index contributed by atoms with van der Waals surface area (Å²) in [7, 11) is 0. The van der Waals surface area contributed by atoms with Crippen LogP contribution in [-0.4, -0.2) is 4.45 Å². The first-order valence-corrected chi connectivity index (χ1v) is 4.91. The highest BCUT2D eigenvalue weighted by molar-refractivity contribution is 8.32. The van der Waals surface area contributed by atoms with Crippen LogP contribution in [-0.2, 0) is 0 Å². The summed E-state index contributed by atoms with van der Waals surface area (Å²) in [6.07, 6.45) is 0. The molecule has 0 aromatic heterocycles. The molecule has 1 rings (SSSR count). The van der Waals surface area contributed by atoms with Crippen LogP contribution in [0.5, 0.6) is 0 Å². The lowest BCUT2D eigenvalue weighted by molar-refractivity contribution is 0.277. The van der Waals surface area contributed by atoms with Gasteiger partial charge in [0.1, 0.15) is 0 Å². The minimum absolute atomic E-state index is 0.222. The SMILES string of the molecule is Cc1c(Cl)cccc1SC(=O)S. The van der Waals surface area contributed by atoms with E-state index >= 15 is 0 Å². The monoisotopic (exact) mass is 218 g/mol. The van der Waals surface area contributed by atoms with Gasteiger partial charge in [-0.1, -0.05) is 30.3 Å². The molecule has 0 aliphatic carbocycles. The number of hydrogen-bond donors (Lipinski definition) is 1. The van der Waals surface area contributed by atoms with Crippen LogP contribution in [0.4, 0.5) is 4.79 Å². The quantitative estimate of drug-likeness (QED) is 0.571. The number of carbonyl (C=O) groups excluding carboxylic acids is 1. The molecular formula is C8H7ClOS2. The lowest BCUT2D eigenvalue weighted by Gasteiger charge is -2.02. The zero-order valence-electron chi connectivity index (χ0n) is 6.37. The molecule has 0 heterocycles. The summed E-state index contributed by atoms with van der Waals surface area (Å²) in [6.45, 7) is 1.88. The van der Waals surface area contributed by atoms with Crippen LogP contribution in [0.25, 0.3) is 0 Å². The second-order valence-corrected chi connectivity index (χ2v) is 4.36. The molecule has 4 heteroatoms. The normalized spacial score (nSPS) is 9.92. The van der Waals surface area contributed by atoms with Crippen molar-refractivity contribution in [3.63, 3.8) is 0 Å². The predicted molar refractivity (Wildman–Crippen MR) is 56.4 cm³/mol. The smallest absolute Gasteiger partial charge is 0.247 e. The number of rotatable bonds is 1. The lowest BCUT2D eigenvalue weighted by Crippen LogP contribution is -1.82. The molecular weight excluding hydrogens is 212 g/mol. The molecule has 0 atom stereocenters. The summed E-state index contributed by atoms with van der Waals surface area (Å²) in [5.41, 5.74) is 0.923. The highest BCUT2D eigenvalue weighted by atomic mass is 35.5. The second-order valence-electron chi connectivity index (χ2n) is 2.23. The van der Waals surface area contributed by atoms with E-state index in [1.54, 1.807) is 6.07 Å². The summed E-state index contributed by atoms with van der Waals surface area (Å²) in [5, 5.41) is 0.676. The van der Waals surface area contributed by atoms with Crippen molar-refractivity contribution < 1.29 is 4.79 Å². The maximum Gasteiger partial charge on any atom is 0.247 e. The molecule has 0 fully saturated rings. The van der Waals surface area contributed by atoms with Crippen molar-refractivity contribution in [3.05, 3.63) is 28.8 Å². The van der Waals surface area contributed by atoms with Crippen molar-refractivity contribution in [2.45, 2.75) is 11.8 Å². The molecule has 1 aromatic rings. The van der Waals surface area contributed by atoms with E-state index in [2.05, 4.69) is 12.6 Å². The molecule has 1 aromatic carbocycles. The van der Waals surface area contributed by atoms with E-state index in [4.69, 9.17) is 11.6 Å². The zero-order chi connectivity index (χ0) is 9.14. The van der Waals surface area contributed by atoms with E-state index in [0.717, 1.165) is 22.2 Å². The third-order valence-corrected chi connectivity index (χ3v) is 2.94. The van der Waals surface area contributed by atoms with Crippen molar-refractivity contribution in [1.29, 1.82) is 0 Å². The van der Waals surface area contributed by atoms with Gasteiger partial charge in [-0.25, -0.2) is 0 Å². The molecule has 0 unspecified atom stereocenters. The van der Waals surface area contributed by atoms with E-state index in [-0.39, 0.29) is 4.45 Å². The molecule has 0 spiro atoms. The molecule has 12 heavy (non-hydrogen) atoms. The minimum atomic E-state index is -0.222. The highest BCUT2D eigenvalue weighted by Gasteiger charge is 2.04. The Kier molecular flexibility index (Phi) is 3.50. The number of hydrogen-bond acceptors (Lipinski definition) is 2. The van der Waals surface area contributed by atoms with Gasteiger partial charge in [-0.2, -0.15) is 0 Å². The molecule has 0 N–H and O–H groups in total. The minimum Gasteiger partial charge on any atom is -0.274 e. The van der Waals surface area contributed by atoms with E-state index in [1.807, 2.05) is 19.1 Å². The molecule has 0 saturated heterocycles. The fraction of sp³-hybridized carbons (Fsp3) is 0.125. The number of carbonyl (C=O) groups is 1. The Balaban J connectivity index is 3.00. The Morgan fingerprint density at radius 1 is 1.58 bits per heavy atom. The van der Waals surface area contributed by atoms with Crippen molar-refractivity contribution in [2.24, 2.45) is 0 Å². The van der Waals surface area contributed by atoms with E-state index < -0.39 is 0 Å². The number of thiol groups is 1. The molecule has 0 bridgehead atoms. The van der Waals surface area contributed by atoms with Crippen molar-refractivity contribution in [2.75, 3.05) is 0 Å². The van der Waals surface area contributed by atoms with Gasteiger partial charge in [0.2, 0.25) is 4.45 Å². The first kappa shape index (κ1) is 9.96. The number of halogens is 1. The Hall–Kier alpha value is -0.120. The molecule has 0 radical (unpaired) electrons. The average molecular weight is 219 g/mol. The molecule has 0 saturated carbocycles. The van der Waals surface area contributed by atoms with Crippen molar-refractivity contribution in [3.8, 4) is 0 Å². The van der Waals surface area contributed by atoms with Gasteiger partial charge >= 0.3 is 0 Å².